The summed E-state index contributed by atoms with van der Waals surface area (Å²) in [5, 5.41) is 1.94. The molecule has 1 rings (SSSR count). The van der Waals surface area contributed by atoms with Gasteiger partial charge in [0.1, 0.15) is 0 Å². The van der Waals surface area contributed by atoms with Crippen molar-refractivity contribution >= 4 is 18.9 Å². The van der Waals surface area contributed by atoms with Gasteiger partial charge in [-0.1, -0.05) is 44.9 Å². The van der Waals surface area contributed by atoms with Crippen molar-refractivity contribution in [2.45, 2.75) is 13.3 Å². The summed E-state index contributed by atoms with van der Waals surface area (Å²) in [6, 6.07) is 3.95. The van der Waals surface area contributed by atoms with Gasteiger partial charge in [-0.15, -0.1) is 0 Å². The molecular formula is C14H17N. The zero-order valence-electron chi connectivity index (χ0n) is 9.24. The minimum absolute atomic E-state index is 0.946. The maximum Gasteiger partial charge on any atom is 0.0387 e. The lowest BCUT2D eigenvalue weighted by atomic mass is 10.3. The van der Waals surface area contributed by atoms with E-state index in [0.717, 1.165) is 17.1 Å². The van der Waals surface area contributed by atoms with Crippen LogP contribution in [0.5, 0.6) is 0 Å². The van der Waals surface area contributed by atoms with Crippen molar-refractivity contribution in [1.82, 2.24) is 4.57 Å². The van der Waals surface area contributed by atoms with Crippen LogP contribution < -0.4 is 10.7 Å². The van der Waals surface area contributed by atoms with Crippen molar-refractivity contribution in [2.75, 3.05) is 0 Å². The Bertz CT molecular complexity index is 458. The van der Waals surface area contributed by atoms with Crippen LogP contribution in [0.25, 0.3) is 18.9 Å². The summed E-state index contributed by atoms with van der Waals surface area (Å²) in [5.41, 5.74) is 1.19. The molecular weight excluding hydrogens is 182 g/mol. The van der Waals surface area contributed by atoms with E-state index in [0.29, 0.717) is 0 Å². The fourth-order valence-electron chi connectivity index (χ4n) is 1.49. The Morgan fingerprint density at radius 2 is 1.87 bits per heavy atom. The highest BCUT2D eigenvalue weighted by Gasteiger charge is 1.97. The van der Waals surface area contributed by atoms with Gasteiger partial charge in [-0.3, -0.25) is 0 Å². The average molecular weight is 199 g/mol. The molecule has 1 heterocycles. The van der Waals surface area contributed by atoms with E-state index in [1.807, 2.05) is 24.3 Å². The van der Waals surface area contributed by atoms with E-state index in [1.54, 1.807) is 6.08 Å². The quantitative estimate of drug-likeness (QED) is 0.656. The summed E-state index contributed by atoms with van der Waals surface area (Å²) >= 11 is 0. The first-order valence-electron chi connectivity index (χ1n) is 5.05. The van der Waals surface area contributed by atoms with Gasteiger partial charge in [0, 0.05) is 16.4 Å². The molecule has 0 atom stereocenters. The van der Waals surface area contributed by atoms with Gasteiger partial charge in [0.25, 0.3) is 0 Å². The van der Waals surface area contributed by atoms with Crippen LogP contribution in [-0.4, -0.2) is 4.57 Å². The number of hydrogen-bond acceptors (Lipinski definition) is 0. The summed E-state index contributed by atoms with van der Waals surface area (Å²) in [4.78, 5) is 0. The molecule has 1 aromatic rings. The smallest absolute Gasteiger partial charge is 0.0387 e. The second kappa shape index (κ2) is 5.20. The predicted octanol–water partition coefficient (Wildman–Crippen LogP) is 2.30. The molecule has 0 saturated carbocycles. The summed E-state index contributed by atoms with van der Waals surface area (Å²) in [5.74, 6) is 0. The van der Waals surface area contributed by atoms with Crippen molar-refractivity contribution in [1.29, 1.82) is 0 Å². The van der Waals surface area contributed by atoms with E-state index >= 15 is 0 Å². The van der Waals surface area contributed by atoms with Gasteiger partial charge >= 0.3 is 0 Å². The van der Waals surface area contributed by atoms with Crippen LogP contribution in [0.2, 0.25) is 0 Å². The Labute approximate surface area is 91.1 Å². The first kappa shape index (κ1) is 11.3. The highest BCUT2D eigenvalue weighted by atomic mass is 15.0. The lowest BCUT2D eigenvalue weighted by molar-refractivity contribution is 0.964. The first-order chi connectivity index (χ1) is 7.20. The van der Waals surface area contributed by atoms with E-state index in [9.17, 15) is 0 Å². The van der Waals surface area contributed by atoms with Gasteiger partial charge in [0.05, 0.1) is 0 Å². The standard InChI is InChI=1S/C14H17N/c1-5-7-8-9-14(6-2)15-12(3)10-11-13(15)4/h5,7-11H,1,3-4,6H2,2H3/b8-7-,14-9+. The minimum Gasteiger partial charge on any atom is -0.315 e. The van der Waals surface area contributed by atoms with Gasteiger partial charge in [-0.2, -0.15) is 0 Å². The number of hydrogen-bond donors (Lipinski definition) is 0. The SMILES string of the molecule is C=C/C=C\C=C(/CC)n1c(=C)ccc1=C. The van der Waals surface area contributed by atoms with E-state index in [-0.39, 0.29) is 0 Å². The van der Waals surface area contributed by atoms with E-state index < -0.39 is 0 Å². The van der Waals surface area contributed by atoms with Crippen molar-refractivity contribution < 1.29 is 0 Å². The third-order valence-corrected chi connectivity index (χ3v) is 2.23. The van der Waals surface area contributed by atoms with E-state index in [2.05, 4.69) is 37.3 Å². The van der Waals surface area contributed by atoms with Crippen LogP contribution in [0.15, 0.2) is 43.0 Å². The molecule has 0 saturated heterocycles. The molecule has 0 N–H and O–H groups in total. The maximum atomic E-state index is 3.98. The van der Waals surface area contributed by atoms with Gasteiger partial charge in [0.15, 0.2) is 0 Å². The van der Waals surface area contributed by atoms with Crippen molar-refractivity contribution in [3.8, 4) is 0 Å². The molecule has 0 fully saturated rings. The zero-order chi connectivity index (χ0) is 11.3. The van der Waals surface area contributed by atoms with Crippen molar-refractivity contribution in [3.63, 3.8) is 0 Å². The second-order valence-electron chi connectivity index (χ2n) is 3.28. The normalized spacial score (nSPS) is 12.2. The Hall–Kier alpha value is -1.76. The fourth-order valence-corrected chi connectivity index (χ4v) is 1.49. The Morgan fingerprint density at radius 1 is 1.27 bits per heavy atom. The summed E-state index contributed by atoms with van der Waals surface area (Å²) < 4.78 is 2.06. The van der Waals surface area contributed by atoms with Gasteiger partial charge in [0.2, 0.25) is 0 Å². The van der Waals surface area contributed by atoms with Gasteiger partial charge in [-0.05, 0) is 24.6 Å². The highest BCUT2D eigenvalue weighted by molar-refractivity contribution is 5.49. The van der Waals surface area contributed by atoms with Crippen LogP contribution in [0.4, 0.5) is 0 Å². The van der Waals surface area contributed by atoms with E-state index in [4.69, 9.17) is 0 Å². The molecule has 0 aromatic carbocycles. The fraction of sp³-hybridized carbons (Fsp3) is 0.143. The number of allylic oxidation sites excluding steroid dienone is 5. The van der Waals surface area contributed by atoms with Crippen LogP contribution in [0, 0.1) is 0 Å². The van der Waals surface area contributed by atoms with Crippen LogP contribution >= 0.6 is 0 Å². The molecule has 0 unspecified atom stereocenters. The van der Waals surface area contributed by atoms with Crippen molar-refractivity contribution in [2.24, 2.45) is 0 Å². The van der Waals surface area contributed by atoms with E-state index in [1.165, 1.54) is 5.70 Å². The predicted molar refractivity (Wildman–Crippen MR) is 68.6 cm³/mol. The number of aromatic nitrogens is 1. The molecule has 0 radical (unpaired) electrons. The summed E-state index contributed by atoms with van der Waals surface area (Å²) in [6.45, 7) is 13.7. The molecule has 0 aliphatic rings. The molecule has 15 heavy (non-hydrogen) atoms. The second-order valence-corrected chi connectivity index (χ2v) is 3.28. The molecule has 78 valence electrons. The zero-order valence-corrected chi connectivity index (χ0v) is 9.24. The Morgan fingerprint density at radius 3 is 2.33 bits per heavy atom. The third-order valence-electron chi connectivity index (χ3n) is 2.23. The molecule has 0 aliphatic carbocycles. The molecule has 0 amide bonds. The van der Waals surface area contributed by atoms with Crippen molar-refractivity contribution in [3.05, 3.63) is 53.7 Å². The van der Waals surface area contributed by atoms with Gasteiger partial charge in [-0.25, -0.2) is 0 Å². The van der Waals surface area contributed by atoms with Crippen LogP contribution in [-0.2, 0) is 0 Å². The largest absolute Gasteiger partial charge is 0.315 e. The molecule has 0 spiro atoms. The molecule has 1 nitrogen and oxygen atoms in total. The average Bonchev–Trinajstić information content (AvgIpc) is 2.55. The lowest BCUT2D eigenvalue weighted by Gasteiger charge is -2.06. The third kappa shape index (κ3) is 2.59. The maximum absolute atomic E-state index is 3.98. The first-order valence-corrected chi connectivity index (χ1v) is 5.05. The molecule has 1 heteroatoms. The summed E-state index contributed by atoms with van der Waals surface area (Å²) in [6.07, 6.45) is 8.65. The monoisotopic (exact) mass is 199 g/mol. The number of nitrogens with zero attached hydrogens (tertiary/aromatic N) is 1. The Balaban J connectivity index is 3.19. The minimum atomic E-state index is 0.946. The topological polar surface area (TPSA) is 4.93 Å². The van der Waals surface area contributed by atoms with Crippen LogP contribution in [0.1, 0.15) is 13.3 Å². The number of rotatable bonds is 4. The lowest BCUT2D eigenvalue weighted by Crippen LogP contribution is -2.23. The van der Waals surface area contributed by atoms with Crippen LogP contribution in [0.3, 0.4) is 0 Å². The molecule has 0 aliphatic heterocycles. The van der Waals surface area contributed by atoms with Gasteiger partial charge < -0.3 is 4.57 Å². The summed E-state index contributed by atoms with van der Waals surface area (Å²) in [7, 11) is 0. The Kier molecular flexibility index (Phi) is 3.92. The highest BCUT2D eigenvalue weighted by Crippen LogP contribution is 2.03. The molecule has 1 aromatic heterocycles. The molecule has 0 bridgehead atoms.